The number of halogens is 1. The number of hydrogen-bond acceptors (Lipinski definition) is 2. The van der Waals surface area contributed by atoms with Crippen LogP contribution in [-0.2, 0) is 31.9 Å². The Kier molecular flexibility index (Phi) is 5.90. The van der Waals surface area contributed by atoms with Crippen molar-refractivity contribution in [3.8, 4) is 0 Å². The van der Waals surface area contributed by atoms with E-state index in [2.05, 4.69) is 11.9 Å². The van der Waals surface area contributed by atoms with Crippen LogP contribution >= 0.6 is 11.9 Å². The van der Waals surface area contributed by atoms with Crippen LogP contribution in [0.3, 0.4) is 0 Å². The molecule has 1 rings (SSSR count). The van der Waals surface area contributed by atoms with Gasteiger partial charge in [-0.1, -0.05) is 0 Å². The van der Waals surface area contributed by atoms with E-state index < -0.39 is 22.1 Å². The Balaban J connectivity index is 2.33. The zero-order valence-electron chi connectivity index (χ0n) is 9.38. The van der Waals surface area contributed by atoms with Crippen LogP contribution in [0.4, 0.5) is 0 Å². The summed E-state index contributed by atoms with van der Waals surface area (Å²) >= 11 is 2.93. The van der Waals surface area contributed by atoms with Crippen molar-refractivity contribution in [2.75, 3.05) is 0 Å². The predicted molar refractivity (Wildman–Crippen MR) is 56.9 cm³/mol. The van der Waals surface area contributed by atoms with Gasteiger partial charge in [0.2, 0.25) is 0 Å². The SMILES string of the molecule is CC(C)(C)OOC1CCCC[CH]1[Hg][Br]. The molecule has 0 aromatic carbocycles. The Labute approximate surface area is 105 Å². The molecule has 0 aromatic rings. The van der Waals surface area contributed by atoms with E-state index in [0.717, 1.165) is 3.43 Å². The minimum absolute atomic E-state index is 0.175. The molecule has 14 heavy (non-hydrogen) atoms. The second-order valence-corrected chi connectivity index (χ2v) is 16.0. The van der Waals surface area contributed by atoms with Gasteiger partial charge in [0.05, 0.1) is 0 Å². The summed E-state index contributed by atoms with van der Waals surface area (Å²) < 4.78 is 0.839. The predicted octanol–water partition coefficient (Wildman–Crippen LogP) is 3.86. The second-order valence-electron chi connectivity index (χ2n) is 5.03. The van der Waals surface area contributed by atoms with Crippen LogP contribution in [0.2, 0.25) is 3.43 Å². The maximum absolute atomic E-state index is 5.58. The van der Waals surface area contributed by atoms with Gasteiger partial charge in [0.1, 0.15) is 0 Å². The van der Waals surface area contributed by atoms with E-state index in [4.69, 9.17) is 9.78 Å². The third-order valence-corrected chi connectivity index (χ3v) is 14.9. The molecule has 0 bridgehead atoms. The van der Waals surface area contributed by atoms with Crippen LogP contribution in [-0.4, -0.2) is 11.7 Å². The summed E-state index contributed by atoms with van der Waals surface area (Å²) in [4.78, 5) is 11.0. The molecule has 2 unspecified atom stereocenters. The van der Waals surface area contributed by atoms with Crippen molar-refractivity contribution in [1.29, 1.82) is 0 Å². The van der Waals surface area contributed by atoms with Gasteiger partial charge in [-0.3, -0.25) is 0 Å². The molecule has 0 amide bonds. The van der Waals surface area contributed by atoms with E-state index in [0.29, 0.717) is 6.10 Å². The van der Waals surface area contributed by atoms with Gasteiger partial charge in [-0.25, -0.2) is 0 Å². The summed E-state index contributed by atoms with van der Waals surface area (Å²) in [5, 5.41) is 0. The van der Waals surface area contributed by atoms with Gasteiger partial charge in [0.25, 0.3) is 0 Å². The first-order valence-corrected chi connectivity index (χ1v) is 20.5. The molecule has 2 atom stereocenters. The standard InChI is InChI=1S/C10H19O2.BrH.Hg/c1-10(2,3)12-11-9-7-5-4-6-8-9;;/h7,9H,4-6,8H2,1-3H3;1H;/q;;+1/p-1. The third-order valence-electron chi connectivity index (χ3n) is 2.46. The molecule has 0 aliphatic heterocycles. The quantitative estimate of drug-likeness (QED) is 0.369. The Morgan fingerprint density at radius 1 is 1.21 bits per heavy atom. The Bertz CT molecular complexity index is 170. The Morgan fingerprint density at radius 2 is 1.86 bits per heavy atom. The van der Waals surface area contributed by atoms with Crippen LogP contribution in [0.5, 0.6) is 0 Å². The van der Waals surface area contributed by atoms with Crippen LogP contribution in [0.15, 0.2) is 0 Å². The molecule has 80 valence electrons. The van der Waals surface area contributed by atoms with E-state index in [1.165, 1.54) is 25.7 Å². The summed E-state index contributed by atoms with van der Waals surface area (Å²) in [5.41, 5.74) is -0.175. The Morgan fingerprint density at radius 3 is 2.43 bits per heavy atom. The molecular formula is C10H19BrHgO2. The topological polar surface area (TPSA) is 18.5 Å². The summed E-state index contributed by atoms with van der Waals surface area (Å²) in [7, 11) is 0. The van der Waals surface area contributed by atoms with Crippen molar-refractivity contribution in [1.82, 2.24) is 0 Å². The van der Waals surface area contributed by atoms with Crippen molar-refractivity contribution in [2.45, 2.75) is 61.6 Å². The van der Waals surface area contributed by atoms with Crippen LogP contribution < -0.4 is 0 Å². The van der Waals surface area contributed by atoms with Crippen LogP contribution in [0.25, 0.3) is 0 Å². The molecule has 0 aromatic heterocycles. The molecule has 0 saturated heterocycles. The van der Waals surface area contributed by atoms with Gasteiger partial charge in [0.15, 0.2) is 0 Å². The van der Waals surface area contributed by atoms with Crippen LogP contribution in [0.1, 0.15) is 46.5 Å². The van der Waals surface area contributed by atoms with E-state index in [1.54, 1.807) is 0 Å². The molecule has 0 spiro atoms. The van der Waals surface area contributed by atoms with Crippen molar-refractivity contribution in [2.24, 2.45) is 0 Å². The fraction of sp³-hybridized carbons (Fsp3) is 1.00. The van der Waals surface area contributed by atoms with E-state index in [-0.39, 0.29) is 5.60 Å². The van der Waals surface area contributed by atoms with E-state index in [9.17, 15) is 0 Å². The molecule has 0 N–H and O–H groups in total. The number of hydrogen-bond donors (Lipinski definition) is 0. The molecule has 1 aliphatic carbocycles. The first-order chi connectivity index (χ1) is 6.53. The summed E-state index contributed by atoms with van der Waals surface area (Å²) in [5.74, 6) is 0. The minimum atomic E-state index is -0.829. The summed E-state index contributed by atoms with van der Waals surface area (Å²) in [6, 6.07) is 0. The van der Waals surface area contributed by atoms with Gasteiger partial charge < -0.3 is 0 Å². The Hall–Kier alpha value is 1.34. The molecule has 0 radical (unpaired) electrons. The van der Waals surface area contributed by atoms with Gasteiger partial charge >= 0.3 is 105 Å². The average molecular weight is 452 g/mol. The number of rotatable bonds is 3. The molecule has 1 fully saturated rings. The first kappa shape index (κ1) is 13.4. The van der Waals surface area contributed by atoms with E-state index >= 15 is 0 Å². The second kappa shape index (κ2) is 6.16. The zero-order valence-corrected chi connectivity index (χ0v) is 16.5. The molecule has 2 nitrogen and oxygen atoms in total. The van der Waals surface area contributed by atoms with E-state index in [1.807, 2.05) is 20.8 Å². The van der Waals surface area contributed by atoms with Gasteiger partial charge in [-0.2, -0.15) is 0 Å². The molecule has 4 heteroatoms. The summed E-state index contributed by atoms with van der Waals surface area (Å²) in [6.45, 7) is 6.09. The fourth-order valence-corrected chi connectivity index (χ4v) is 11.9. The summed E-state index contributed by atoms with van der Waals surface area (Å²) in [6.07, 6.45) is 5.60. The van der Waals surface area contributed by atoms with Crippen LogP contribution in [0, 0.1) is 0 Å². The molecule has 1 saturated carbocycles. The van der Waals surface area contributed by atoms with Crippen molar-refractivity contribution in [3.05, 3.63) is 0 Å². The third kappa shape index (κ3) is 4.91. The maximum atomic E-state index is 5.58. The molecule has 0 heterocycles. The van der Waals surface area contributed by atoms with Crippen molar-refractivity contribution >= 4 is 11.9 Å². The monoisotopic (exact) mass is 452 g/mol. The van der Waals surface area contributed by atoms with Crippen molar-refractivity contribution < 1.29 is 31.9 Å². The normalized spacial score (nSPS) is 28.6. The fourth-order valence-electron chi connectivity index (χ4n) is 1.68. The zero-order chi connectivity index (χ0) is 10.6. The molecular weight excluding hydrogens is 433 g/mol. The van der Waals surface area contributed by atoms with Gasteiger partial charge in [-0.05, 0) is 0 Å². The van der Waals surface area contributed by atoms with Gasteiger partial charge in [0, 0.05) is 0 Å². The average Bonchev–Trinajstić information content (AvgIpc) is 2.14. The molecule has 1 aliphatic rings. The van der Waals surface area contributed by atoms with Gasteiger partial charge in [-0.15, -0.1) is 0 Å². The first-order valence-electron chi connectivity index (χ1n) is 5.43. The van der Waals surface area contributed by atoms with Crippen molar-refractivity contribution in [3.63, 3.8) is 0 Å².